The van der Waals surface area contributed by atoms with E-state index < -0.39 is 83.6 Å². The zero-order valence-corrected chi connectivity index (χ0v) is 27.9. The first-order valence-electron chi connectivity index (χ1n) is 14.1. The molecule has 1 heterocycles. The molecule has 18 heteroatoms. The molecule has 0 spiro atoms. The van der Waals surface area contributed by atoms with Gasteiger partial charge in [-0.15, -0.1) is 0 Å². The van der Waals surface area contributed by atoms with Gasteiger partial charge in [0.15, 0.2) is 0 Å². The Balaban J connectivity index is 0.0000185. The zero-order chi connectivity index (χ0) is 33.0. The molecule has 44 heavy (non-hydrogen) atoms. The Hall–Kier alpha value is -2.53. The van der Waals surface area contributed by atoms with E-state index in [0.717, 1.165) is 0 Å². The van der Waals surface area contributed by atoms with Gasteiger partial charge in [0.05, 0.1) is 6.04 Å². The summed E-state index contributed by atoms with van der Waals surface area (Å²) in [5.41, 5.74) is 10.9. The number of aliphatic carboxylic acids is 1. The van der Waals surface area contributed by atoms with E-state index in [9.17, 15) is 38.7 Å². The van der Waals surface area contributed by atoms with Gasteiger partial charge >= 0.3 is 23.0 Å². The molecule has 1 aliphatic rings. The molecular weight excluding hydrogens is 666 g/mol. The van der Waals surface area contributed by atoms with E-state index in [4.69, 9.17) is 11.5 Å². The largest absolute Gasteiger partial charge is 2.00 e. The maximum atomic E-state index is 13.7. The molecule has 9 N–H and O–H groups in total. The van der Waals surface area contributed by atoms with Crippen LogP contribution in [0.5, 0.6) is 0 Å². The minimum atomic E-state index is -1.34. The molecule has 6 amide bonds. The summed E-state index contributed by atoms with van der Waals surface area (Å²) in [5, 5.41) is 19.3. The zero-order valence-electron chi connectivity index (χ0n) is 25.2. The normalized spacial score (nSPS) is 17.8. The third kappa shape index (κ3) is 12.5. The molecule has 1 saturated heterocycles. The van der Waals surface area contributed by atoms with Crippen molar-refractivity contribution in [2.45, 2.75) is 89.6 Å². The average Bonchev–Trinajstić information content (AvgIpc) is 3.43. The Kier molecular flexibility index (Phi) is 18.6. The Labute approximate surface area is 278 Å². The number of nitrogens with one attached hydrogen (secondary N) is 4. The van der Waals surface area contributed by atoms with Gasteiger partial charge in [-0.05, 0) is 31.1 Å². The Morgan fingerprint density at radius 1 is 0.841 bits per heavy atom. The number of carboxylic acids is 1. The number of carbonyl (C=O) groups excluding carboxylic acids is 6. The van der Waals surface area contributed by atoms with E-state index in [1.54, 1.807) is 27.7 Å². The fraction of sp³-hybridized carbons (Fsp3) is 0.731. The molecule has 1 radical (unpaired) electrons. The van der Waals surface area contributed by atoms with Gasteiger partial charge in [0.25, 0.3) is 0 Å². The van der Waals surface area contributed by atoms with Crippen LogP contribution < -0.4 is 32.7 Å². The molecule has 6 atom stereocenters. The molecule has 0 bridgehead atoms. The number of primary amides is 1. The summed E-state index contributed by atoms with van der Waals surface area (Å²) in [7, 11) is 0. The summed E-state index contributed by atoms with van der Waals surface area (Å²) in [6, 6.07) is -6.59. The summed E-state index contributed by atoms with van der Waals surface area (Å²) in [5.74, 6) is -6.15. The fourth-order valence-electron chi connectivity index (χ4n) is 4.40. The number of carboxylic acid groups (broad SMARTS) is 1. The quantitative estimate of drug-likeness (QED) is 0.0585. The predicted octanol–water partition coefficient (Wildman–Crippen LogP) is -2.24. The first kappa shape index (κ1) is 41.5. The second-order valence-electron chi connectivity index (χ2n) is 11.1. The van der Waals surface area contributed by atoms with Crippen LogP contribution in [-0.2, 0) is 50.6 Å². The summed E-state index contributed by atoms with van der Waals surface area (Å²) in [4.78, 5) is 89.5. The van der Waals surface area contributed by atoms with E-state index in [0.29, 0.717) is 6.42 Å². The predicted molar refractivity (Wildman–Crippen MR) is 164 cm³/mol. The van der Waals surface area contributed by atoms with Gasteiger partial charge in [-0.3, -0.25) is 28.8 Å². The van der Waals surface area contributed by atoms with Crippen molar-refractivity contribution in [3.8, 4) is 0 Å². The average molecular weight is 711 g/mol. The van der Waals surface area contributed by atoms with Crippen LogP contribution in [0.3, 0.4) is 0 Å². The van der Waals surface area contributed by atoms with Crippen molar-refractivity contribution < 1.29 is 55.7 Å². The number of nitrogens with two attached hydrogens (primary N) is 2. The number of likely N-dealkylation sites (tertiary alicyclic amines) is 1. The molecular formula is C26H45CuN7O8S2+2. The minimum absolute atomic E-state index is 0. The molecule has 0 aromatic rings. The SMILES string of the molecule is CC(C)[C@H](NC(=O)[C@@H](N)CS)C(=O)N[C@H](C(=O)N1CCC[C@H]1C(=O)N[C@@H](CCC(N)=O)C(=O)N[C@@H](CS)C(=O)O)C(C)C.[Cu+2]. The molecule has 0 unspecified atom stereocenters. The second-order valence-corrected chi connectivity index (χ2v) is 11.8. The molecule has 0 aliphatic carbocycles. The van der Waals surface area contributed by atoms with Crippen LogP contribution in [-0.4, -0.2) is 106 Å². The van der Waals surface area contributed by atoms with Crippen LogP contribution in [0, 0.1) is 11.8 Å². The minimum Gasteiger partial charge on any atom is -0.480 e. The van der Waals surface area contributed by atoms with E-state index in [1.165, 1.54) is 4.90 Å². The third-order valence-corrected chi connectivity index (χ3v) is 7.72. The Morgan fingerprint density at radius 3 is 1.89 bits per heavy atom. The number of nitrogens with zero attached hydrogens (tertiary/aromatic N) is 1. The molecule has 1 rings (SSSR count). The van der Waals surface area contributed by atoms with E-state index in [2.05, 4.69) is 46.5 Å². The van der Waals surface area contributed by atoms with Gasteiger partial charge in [-0.1, -0.05) is 27.7 Å². The van der Waals surface area contributed by atoms with Gasteiger partial charge in [-0.2, -0.15) is 25.3 Å². The summed E-state index contributed by atoms with van der Waals surface area (Å²) in [6.45, 7) is 7.10. The second kappa shape index (κ2) is 19.8. The van der Waals surface area contributed by atoms with Crippen LogP contribution in [0.2, 0.25) is 0 Å². The van der Waals surface area contributed by atoms with Gasteiger partial charge in [-0.25, -0.2) is 4.79 Å². The van der Waals surface area contributed by atoms with Crippen molar-refractivity contribution in [1.29, 1.82) is 0 Å². The van der Waals surface area contributed by atoms with Crippen LogP contribution in [0.4, 0.5) is 0 Å². The fourth-order valence-corrected chi connectivity index (χ4v) is 4.81. The number of rotatable bonds is 17. The summed E-state index contributed by atoms with van der Waals surface area (Å²) < 4.78 is 0. The smallest absolute Gasteiger partial charge is 0.480 e. The first-order valence-corrected chi connectivity index (χ1v) is 15.3. The van der Waals surface area contributed by atoms with Crippen molar-refractivity contribution >= 4 is 66.7 Å². The van der Waals surface area contributed by atoms with Gasteiger partial charge in [0.2, 0.25) is 35.4 Å². The number of hydrogen-bond acceptors (Lipinski definition) is 10. The van der Waals surface area contributed by atoms with Gasteiger partial charge in [0.1, 0.15) is 30.2 Å². The summed E-state index contributed by atoms with van der Waals surface area (Å²) >= 11 is 7.92. The number of carbonyl (C=O) groups is 7. The molecule has 1 aliphatic heterocycles. The van der Waals surface area contributed by atoms with Crippen LogP contribution in [0.25, 0.3) is 0 Å². The molecule has 1 fully saturated rings. The Bertz CT molecular complexity index is 1050. The maximum Gasteiger partial charge on any atom is 2.00 e. The number of amides is 6. The van der Waals surface area contributed by atoms with E-state index in [1.807, 2.05) is 0 Å². The summed E-state index contributed by atoms with van der Waals surface area (Å²) in [6.07, 6.45) is 0.267. The molecule has 0 aromatic heterocycles. The van der Waals surface area contributed by atoms with Crippen LogP contribution in [0.1, 0.15) is 53.4 Å². The molecule has 253 valence electrons. The molecule has 0 aromatic carbocycles. The van der Waals surface area contributed by atoms with Gasteiger partial charge in [0, 0.05) is 24.5 Å². The third-order valence-electron chi connectivity index (χ3n) is 6.96. The van der Waals surface area contributed by atoms with E-state index in [-0.39, 0.29) is 60.3 Å². The first-order chi connectivity index (χ1) is 20.0. The number of hydrogen-bond donors (Lipinski definition) is 9. The number of thiol groups is 2. The molecule has 0 saturated carbocycles. The van der Waals surface area contributed by atoms with Crippen LogP contribution >= 0.6 is 25.3 Å². The topological polar surface area (TPSA) is 243 Å². The van der Waals surface area contributed by atoms with Crippen LogP contribution in [0.15, 0.2) is 0 Å². The monoisotopic (exact) mass is 710 g/mol. The van der Waals surface area contributed by atoms with Crippen molar-refractivity contribution in [1.82, 2.24) is 26.2 Å². The maximum absolute atomic E-state index is 13.7. The standard InChI is InChI=1S/C26H45N7O8S2.Cu/c1-12(2)19(31-21(35)14(27)10-42)24(38)32-20(13(3)4)25(39)33-9-5-6-17(33)23(37)29-15(7-8-18(28)34)22(36)30-16(11-43)26(40)41;/h12-17,19-20,42-43H,5-11,27H2,1-4H3,(H2,28,34)(H,29,37)(H,30,36)(H,31,35)(H,32,38)(H,40,41);/q;+2/t14-,15-,16-,17-,19-,20-;/m0./s1. The van der Waals surface area contributed by atoms with Crippen molar-refractivity contribution in [2.75, 3.05) is 18.1 Å². The Morgan fingerprint density at radius 2 is 1.41 bits per heavy atom. The molecule has 15 nitrogen and oxygen atoms in total. The van der Waals surface area contributed by atoms with E-state index >= 15 is 0 Å². The van der Waals surface area contributed by atoms with Crippen molar-refractivity contribution in [3.63, 3.8) is 0 Å². The van der Waals surface area contributed by atoms with Gasteiger partial charge < -0.3 is 42.7 Å². The van der Waals surface area contributed by atoms with Crippen molar-refractivity contribution in [3.05, 3.63) is 0 Å². The van der Waals surface area contributed by atoms with Crippen molar-refractivity contribution in [2.24, 2.45) is 23.3 Å².